The van der Waals surface area contributed by atoms with Gasteiger partial charge in [0.15, 0.2) is 0 Å². The summed E-state index contributed by atoms with van der Waals surface area (Å²) in [6.07, 6.45) is 6.75. The van der Waals surface area contributed by atoms with Crippen molar-refractivity contribution in [2.24, 2.45) is 0 Å². The van der Waals surface area contributed by atoms with E-state index in [1.54, 1.807) is 23.1 Å². The predicted molar refractivity (Wildman–Crippen MR) is 107 cm³/mol. The van der Waals surface area contributed by atoms with Gasteiger partial charge < -0.3 is 9.88 Å². The highest BCUT2D eigenvalue weighted by Gasteiger charge is 2.19. The first-order valence-corrected chi connectivity index (χ1v) is 10.4. The van der Waals surface area contributed by atoms with Crippen LogP contribution in [0.1, 0.15) is 17.5 Å². The molecule has 1 aromatic carbocycles. The molecule has 0 aliphatic heterocycles. The number of aryl methyl sites for hydroxylation is 1. The molecule has 130 valence electrons. The number of thiazole rings is 1. The molecule has 0 radical (unpaired) electrons. The maximum atomic E-state index is 12.7. The van der Waals surface area contributed by atoms with E-state index in [-0.39, 0.29) is 11.9 Å². The Balaban J connectivity index is 1.70. The molecular formula is C19H21N3OS2. The van der Waals surface area contributed by atoms with Gasteiger partial charge in [-0.15, -0.1) is 11.3 Å². The number of benzene rings is 1. The van der Waals surface area contributed by atoms with E-state index < -0.39 is 0 Å². The number of aromatic nitrogens is 2. The van der Waals surface area contributed by atoms with Crippen LogP contribution in [-0.2, 0) is 4.79 Å². The van der Waals surface area contributed by atoms with Crippen molar-refractivity contribution in [2.75, 3.05) is 17.3 Å². The van der Waals surface area contributed by atoms with Crippen LogP contribution in [0.5, 0.6) is 0 Å². The number of nitrogens with one attached hydrogen (secondary N) is 1. The van der Waals surface area contributed by atoms with Crippen molar-refractivity contribution in [3.05, 3.63) is 59.2 Å². The highest BCUT2D eigenvalue weighted by atomic mass is 32.2. The third kappa shape index (κ3) is 4.52. The Bertz CT molecular complexity index is 810. The fraction of sp³-hybridized carbons (Fsp3) is 0.263. The summed E-state index contributed by atoms with van der Waals surface area (Å²) in [5.41, 5.74) is 2.85. The summed E-state index contributed by atoms with van der Waals surface area (Å²) in [6.45, 7) is 2.00. The van der Waals surface area contributed by atoms with Crippen LogP contribution < -0.4 is 5.32 Å². The van der Waals surface area contributed by atoms with Crippen LogP contribution in [0.25, 0.3) is 11.3 Å². The molecule has 4 nitrogen and oxygen atoms in total. The Kier molecular flexibility index (Phi) is 5.94. The number of hydrogen-bond acceptors (Lipinski definition) is 4. The zero-order valence-electron chi connectivity index (χ0n) is 14.3. The number of nitrogens with zero attached hydrogens (tertiary/aromatic N) is 2. The van der Waals surface area contributed by atoms with Gasteiger partial charge in [-0.1, -0.05) is 12.1 Å². The third-order valence-corrected chi connectivity index (χ3v) is 5.37. The monoisotopic (exact) mass is 371 g/mol. The maximum Gasteiger partial charge on any atom is 0.247 e. The number of amides is 1. The largest absolute Gasteiger partial charge is 0.342 e. The minimum atomic E-state index is -0.191. The zero-order valence-corrected chi connectivity index (χ0v) is 15.9. The van der Waals surface area contributed by atoms with E-state index >= 15 is 0 Å². The van der Waals surface area contributed by atoms with Crippen molar-refractivity contribution in [2.45, 2.75) is 19.4 Å². The second-order valence-corrected chi connectivity index (χ2v) is 7.79. The maximum absolute atomic E-state index is 12.7. The first kappa shape index (κ1) is 17.8. The summed E-state index contributed by atoms with van der Waals surface area (Å²) in [5.74, 6) is 0.959. The van der Waals surface area contributed by atoms with Crippen LogP contribution in [-0.4, -0.2) is 27.5 Å². The minimum absolute atomic E-state index is 0.0162. The Labute approximate surface area is 156 Å². The molecule has 2 aromatic heterocycles. The van der Waals surface area contributed by atoms with Crippen molar-refractivity contribution in [3.63, 3.8) is 0 Å². The van der Waals surface area contributed by atoms with Gasteiger partial charge in [0.25, 0.3) is 0 Å². The molecule has 0 bridgehead atoms. The first-order chi connectivity index (χ1) is 12.2. The highest BCUT2D eigenvalue weighted by molar-refractivity contribution is 7.98. The van der Waals surface area contributed by atoms with Crippen molar-refractivity contribution >= 4 is 34.7 Å². The van der Waals surface area contributed by atoms with Crippen molar-refractivity contribution < 1.29 is 4.79 Å². The van der Waals surface area contributed by atoms with Gasteiger partial charge in [-0.2, -0.15) is 11.8 Å². The van der Waals surface area contributed by atoms with Crippen LogP contribution in [0.15, 0.2) is 54.2 Å². The second kappa shape index (κ2) is 8.36. The molecule has 2 heterocycles. The summed E-state index contributed by atoms with van der Waals surface area (Å²) in [4.78, 5) is 17.2. The summed E-state index contributed by atoms with van der Waals surface area (Å²) in [5, 5.41) is 6.14. The number of anilines is 1. The molecule has 1 unspecified atom stereocenters. The summed E-state index contributed by atoms with van der Waals surface area (Å²) in [7, 11) is 0. The van der Waals surface area contributed by atoms with Gasteiger partial charge in [-0.3, -0.25) is 4.79 Å². The summed E-state index contributed by atoms with van der Waals surface area (Å²) < 4.78 is 1.97. The third-order valence-electron chi connectivity index (χ3n) is 3.95. The molecule has 0 spiro atoms. The number of carbonyl (C=O) groups is 1. The fourth-order valence-electron chi connectivity index (χ4n) is 2.65. The topological polar surface area (TPSA) is 46.9 Å². The number of carbonyl (C=O) groups excluding carboxylic acids is 1. The number of rotatable bonds is 7. The van der Waals surface area contributed by atoms with Crippen LogP contribution in [0, 0.1) is 6.92 Å². The Hall–Kier alpha value is -2.05. The van der Waals surface area contributed by atoms with E-state index in [0.717, 1.165) is 34.1 Å². The van der Waals surface area contributed by atoms with Crippen molar-refractivity contribution in [1.82, 2.24) is 9.55 Å². The minimum Gasteiger partial charge on any atom is -0.342 e. The molecule has 0 saturated carbocycles. The molecule has 0 fully saturated rings. The van der Waals surface area contributed by atoms with Crippen LogP contribution >= 0.6 is 23.1 Å². The quantitative estimate of drug-likeness (QED) is 0.645. The SMILES string of the molecule is CSCCC(C(=O)Nc1ccc(-c2csc(C)n2)cc1)n1cccc1. The molecule has 25 heavy (non-hydrogen) atoms. The van der Waals surface area contributed by atoms with E-state index in [1.165, 1.54) is 0 Å². The van der Waals surface area contributed by atoms with Gasteiger partial charge in [0.05, 0.1) is 10.7 Å². The van der Waals surface area contributed by atoms with E-state index in [9.17, 15) is 4.79 Å². The standard InChI is InChI=1S/C19H21N3OS2/c1-14-20-17(13-25-14)15-5-7-16(8-6-15)21-19(23)18(9-12-24-2)22-10-3-4-11-22/h3-8,10-11,13,18H,9,12H2,1-2H3,(H,21,23). The van der Waals surface area contributed by atoms with E-state index in [2.05, 4.69) is 16.6 Å². The molecule has 1 atom stereocenters. The van der Waals surface area contributed by atoms with Gasteiger partial charge in [-0.25, -0.2) is 4.98 Å². The van der Waals surface area contributed by atoms with Gasteiger partial charge >= 0.3 is 0 Å². The molecule has 0 aliphatic carbocycles. The second-order valence-electron chi connectivity index (χ2n) is 5.75. The Morgan fingerprint density at radius 3 is 2.60 bits per heavy atom. The average molecular weight is 372 g/mol. The summed E-state index contributed by atoms with van der Waals surface area (Å²) in [6, 6.07) is 11.6. The average Bonchev–Trinajstić information content (AvgIpc) is 3.28. The normalized spacial score (nSPS) is 12.1. The highest BCUT2D eigenvalue weighted by Crippen LogP contribution is 2.24. The van der Waals surface area contributed by atoms with Gasteiger partial charge in [0.1, 0.15) is 6.04 Å². The lowest BCUT2D eigenvalue weighted by molar-refractivity contribution is -0.119. The van der Waals surface area contributed by atoms with Gasteiger partial charge in [0, 0.05) is 29.0 Å². The lowest BCUT2D eigenvalue weighted by atomic mass is 10.1. The Morgan fingerprint density at radius 2 is 2.00 bits per heavy atom. The van der Waals surface area contributed by atoms with Gasteiger partial charge in [0.2, 0.25) is 5.91 Å². The lowest BCUT2D eigenvalue weighted by Gasteiger charge is -2.18. The molecular weight excluding hydrogens is 350 g/mol. The fourth-order valence-corrected chi connectivity index (χ4v) is 3.73. The van der Waals surface area contributed by atoms with Crippen LogP contribution in [0.2, 0.25) is 0 Å². The van der Waals surface area contributed by atoms with Crippen LogP contribution in [0.3, 0.4) is 0 Å². The number of hydrogen-bond donors (Lipinski definition) is 1. The predicted octanol–water partition coefficient (Wildman–Crippen LogP) is 4.85. The van der Waals surface area contributed by atoms with E-state index in [4.69, 9.17) is 0 Å². The molecule has 3 rings (SSSR count). The first-order valence-electron chi connectivity index (χ1n) is 8.12. The van der Waals surface area contributed by atoms with Crippen molar-refractivity contribution in [1.29, 1.82) is 0 Å². The Morgan fingerprint density at radius 1 is 1.28 bits per heavy atom. The smallest absolute Gasteiger partial charge is 0.247 e. The molecule has 0 aliphatic rings. The summed E-state index contributed by atoms with van der Waals surface area (Å²) >= 11 is 3.39. The molecule has 6 heteroatoms. The zero-order chi connectivity index (χ0) is 17.6. The van der Waals surface area contributed by atoms with Crippen LogP contribution in [0.4, 0.5) is 5.69 Å². The molecule has 1 amide bonds. The molecule has 0 saturated heterocycles. The van der Waals surface area contributed by atoms with E-state index in [0.29, 0.717) is 0 Å². The molecule has 3 aromatic rings. The number of thioether (sulfide) groups is 1. The van der Waals surface area contributed by atoms with Gasteiger partial charge in [-0.05, 0) is 49.6 Å². The molecule has 1 N–H and O–H groups in total. The van der Waals surface area contributed by atoms with E-state index in [1.807, 2.05) is 65.7 Å². The van der Waals surface area contributed by atoms with Crippen molar-refractivity contribution in [3.8, 4) is 11.3 Å². The lowest BCUT2D eigenvalue weighted by Crippen LogP contribution is -2.25.